The minimum atomic E-state index is -4.00. The molecule has 0 bridgehead atoms. The summed E-state index contributed by atoms with van der Waals surface area (Å²) < 4.78 is 26.2. The second-order valence-corrected chi connectivity index (χ2v) is 4.05. The number of nitrogens with zero attached hydrogens (tertiary/aromatic N) is 1. The molecule has 0 unspecified atom stereocenters. The molecule has 2 aromatic rings. The second-order valence-electron chi connectivity index (χ2n) is 2.90. The third kappa shape index (κ3) is 2.23. The van der Waals surface area contributed by atoms with Gasteiger partial charge in [0, 0.05) is 17.6 Å². The van der Waals surface area contributed by atoms with Gasteiger partial charge in [-0.3, -0.25) is 4.98 Å². The van der Waals surface area contributed by atoms with Gasteiger partial charge >= 0.3 is 10.3 Å². The maximum absolute atomic E-state index is 10.8. The van der Waals surface area contributed by atoms with Crippen LogP contribution in [-0.2, 0) is 10.3 Å². The van der Waals surface area contributed by atoms with Crippen LogP contribution < -0.4 is 9.32 Å². The van der Waals surface area contributed by atoms with E-state index < -0.39 is 10.3 Å². The summed E-state index contributed by atoms with van der Waals surface area (Å²) in [6.07, 6.45) is 1.46. The number of benzene rings is 1. The van der Waals surface area contributed by atoms with Crippen LogP contribution in [0.5, 0.6) is 5.75 Å². The molecule has 0 fully saturated rings. The van der Waals surface area contributed by atoms with E-state index in [1.165, 1.54) is 12.3 Å². The monoisotopic (exact) mass is 224 g/mol. The summed E-state index contributed by atoms with van der Waals surface area (Å²) in [5.41, 5.74) is 0.652. The number of nitrogens with two attached hydrogens (primary N) is 1. The SMILES string of the molecule is NS(=O)(=O)Oc1ccnc2ccccc12. The molecule has 0 aliphatic rings. The molecule has 6 heteroatoms. The fraction of sp³-hybridized carbons (Fsp3) is 0. The highest BCUT2D eigenvalue weighted by molar-refractivity contribution is 7.84. The lowest BCUT2D eigenvalue weighted by Crippen LogP contribution is -2.19. The predicted molar refractivity (Wildman–Crippen MR) is 55.5 cm³/mol. The van der Waals surface area contributed by atoms with Crippen molar-refractivity contribution in [2.75, 3.05) is 0 Å². The van der Waals surface area contributed by atoms with Crippen LogP contribution in [0.3, 0.4) is 0 Å². The fourth-order valence-electron chi connectivity index (χ4n) is 1.27. The Kier molecular flexibility index (Phi) is 2.29. The highest BCUT2D eigenvalue weighted by Gasteiger charge is 2.08. The van der Waals surface area contributed by atoms with E-state index in [0.29, 0.717) is 10.9 Å². The van der Waals surface area contributed by atoms with Crippen molar-refractivity contribution >= 4 is 21.2 Å². The fourth-order valence-corrected chi connectivity index (χ4v) is 1.66. The summed E-state index contributed by atoms with van der Waals surface area (Å²) >= 11 is 0. The normalized spacial score (nSPS) is 11.5. The molecule has 5 nitrogen and oxygen atoms in total. The van der Waals surface area contributed by atoms with Crippen LogP contribution in [0.4, 0.5) is 0 Å². The number of rotatable bonds is 2. The Hall–Kier alpha value is -1.66. The molecule has 2 N–H and O–H groups in total. The van der Waals surface area contributed by atoms with E-state index in [-0.39, 0.29) is 5.75 Å². The van der Waals surface area contributed by atoms with Crippen LogP contribution >= 0.6 is 0 Å². The second kappa shape index (κ2) is 3.48. The molecular weight excluding hydrogens is 216 g/mol. The van der Waals surface area contributed by atoms with E-state index in [1.807, 2.05) is 0 Å². The largest absolute Gasteiger partial charge is 0.380 e. The molecule has 0 spiro atoms. The van der Waals surface area contributed by atoms with E-state index in [9.17, 15) is 8.42 Å². The van der Waals surface area contributed by atoms with E-state index in [1.54, 1.807) is 24.3 Å². The molecule has 0 atom stereocenters. The maximum Gasteiger partial charge on any atom is 0.380 e. The van der Waals surface area contributed by atoms with Crippen LogP contribution in [0.25, 0.3) is 10.9 Å². The molecule has 15 heavy (non-hydrogen) atoms. The Labute approximate surface area is 86.8 Å². The molecule has 0 amide bonds. The first-order valence-electron chi connectivity index (χ1n) is 4.12. The van der Waals surface area contributed by atoms with Crippen molar-refractivity contribution in [2.24, 2.45) is 5.14 Å². The Morgan fingerprint density at radius 3 is 2.67 bits per heavy atom. The first-order valence-corrected chi connectivity index (χ1v) is 5.59. The molecule has 0 saturated carbocycles. The van der Waals surface area contributed by atoms with Crippen LogP contribution in [0.15, 0.2) is 36.5 Å². The van der Waals surface area contributed by atoms with Gasteiger partial charge < -0.3 is 4.18 Å². The third-order valence-electron chi connectivity index (χ3n) is 1.81. The van der Waals surface area contributed by atoms with E-state index in [0.717, 1.165) is 0 Å². The molecule has 2 rings (SSSR count). The lowest BCUT2D eigenvalue weighted by Gasteiger charge is -2.04. The van der Waals surface area contributed by atoms with Crippen molar-refractivity contribution in [1.29, 1.82) is 0 Å². The van der Waals surface area contributed by atoms with Gasteiger partial charge in [0.05, 0.1) is 5.52 Å². The Balaban J connectivity index is 2.61. The predicted octanol–water partition coefficient (Wildman–Crippen LogP) is 0.817. The van der Waals surface area contributed by atoms with Gasteiger partial charge in [-0.25, -0.2) is 0 Å². The van der Waals surface area contributed by atoms with Crippen molar-refractivity contribution in [3.05, 3.63) is 36.5 Å². The Morgan fingerprint density at radius 2 is 1.93 bits per heavy atom. The van der Waals surface area contributed by atoms with Gasteiger partial charge in [0.2, 0.25) is 0 Å². The minimum absolute atomic E-state index is 0.183. The van der Waals surface area contributed by atoms with Gasteiger partial charge in [0.1, 0.15) is 0 Å². The van der Waals surface area contributed by atoms with Crippen LogP contribution in [0.2, 0.25) is 0 Å². The first kappa shape index (κ1) is 9.88. The van der Waals surface area contributed by atoms with Gasteiger partial charge in [-0.1, -0.05) is 12.1 Å². The van der Waals surface area contributed by atoms with Gasteiger partial charge in [0.25, 0.3) is 0 Å². The highest BCUT2D eigenvalue weighted by atomic mass is 32.2. The van der Waals surface area contributed by atoms with Gasteiger partial charge in [-0.05, 0) is 12.1 Å². The third-order valence-corrected chi connectivity index (χ3v) is 2.23. The lowest BCUT2D eigenvalue weighted by molar-refractivity contribution is 0.490. The van der Waals surface area contributed by atoms with Crippen LogP contribution in [0, 0.1) is 0 Å². The molecule has 0 saturated heterocycles. The molecule has 78 valence electrons. The summed E-state index contributed by atoms with van der Waals surface area (Å²) in [6, 6.07) is 8.48. The summed E-state index contributed by atoms with van der Waals surface area (Å²) in [5, 5.41) is 5.39. The molecule has 1 heterocycles. The topological polar surface area (TPSA) is 82.3 Å². The zero-order valence-electron chi connectivity index (χ0n) is 7.62. The van der Waals surface area contributed by atoms with Crippen LogP contribution in [0.1, 0.15) is 0 Å². The molecular formula is C9H8N2O3S. The van der Waals surface area contributed by atoms with Crippen molar-refractivity contribution in [2.45, 2.75) is 0 Å². The average Bonchev–Trinajstić information content (AvgIpc) is 2.16. The van der Waals surface area contributed by atoms with Crippen molar-refractivity contribution in [3.8, 4) is 5.75 Å². The van der Waals surface area contributed by atoms with Crippen molar-refractivity contribution in [1.82, 2.24) is 4.98 Å². The van der Waals surface area contributed by atoms with Gasteiger partial charge in [-0.2, -0.15) is 13.6 Å². The lowest BCUT2D eigenvalue weighted by atomic mass is 10.2. The Morgan fingerprint density at radius 1 is 1.20 bits per heavy atom. The standard InChI is InChI=1S/C9H8N2O3S/c10-15(12,13)14-9-5-6-11-8-4-2-1-3-7(8)9/h1-6H,(H2,10,12,13). The van der Waals surface area contributed by atoms with E-state index >= 15 is 0 Å². The molecule has 1 aromatic heterocycles. The summed E-state index contributed by atoms with van der Waals surface area (Å²) in [4.78, 5) is 4.06. The number of para-hydroxylation sites is 1. The van der Waals surface area contributed by atoms with E-state index in [4.69, 9.17) is 5.14 Å². The first-order chi connectivity index (χ1) is 7.06. The molecule has 0 aliphatic carbocycles. The van der Waals surface area contributed by atoms with Crippen LogP contribution in [-0.4, -0.2) is 13.4 Å². The highest BCUT2D eigenvalue weighted by Crippen LogP contribution is 2.23. The molecule has 0 radical (unpaired) electrons. The molecule has 0 aliphatic heterocycles. The average molecular weight is 224 g/mol. The van der Waals surface area contributed by atoms with Crippen molar-refractivity contribution in [3.63, 3.8) is 0 Å². The maximum atomic E-state index is 10.8. The number of fused-ring (bicyclic) bond motifs is 1. The number of hydrogen-bond acceptors (Lipinski definition) is 4. The summed E-state index contributed by atoms with van der Waals surface area (Å²) in [6.45, 7) is 0. The van der Waals surface area contributed by atoms with E-state index in [2.05, 4.69) is 9.17 Å². The number of aromatic nitrogens is 1. The summed E-state index contributed by atoms with van der Waals surface area (Å²) in [5.74, 6) is 0.183. The summed E-state index contributed by atoms with van der Waals surface area (Å²) in [7, 11) is -4.00. The smallest absolute Gasteiger partial charge is 0.370 e. The Bertz CT molecular complexity index is 590. The minimum Gasteiger partial charge on any atom is -0.370 e. The van der Waals surface area contributed by atoms with Crippen molar-refractivity contribution < 1.29 is 12.6 Å². The quantitative estimate of drug-likeness (QED) is 0.818. The molecule has 1 aromatic carbocycles. The zero-order chi connectivity index (χ0) is 10.9. The number of pyridine rings is 1. The zero-order valence-corrected chi connectivity index (χ0v) is 8.44. The number of hydrogen-bond donors (Lipinski definition) is 1. The van der Waals surface area contributed by atoms with Gasteiger partial charge in [0.15, 0.2) is 5.75 Å². The van der Waals surface area contributed by atoms with Gasteiger partial charge in [-0.15, -0.1) is 0 Å².